The average Bonchev–Trinajstić information content (AvgIpc) is 3.23. The molecule has 3 heterocycles. The molecule has 1 N–H and O–H groups in total. The highest BCUT2D eigenvalue weighted by atomic mass is 32.2. The second-order valence-corrected chi connectivity index (χ2v) is 9.53. The number of nitrogens with zero attached hydrogens (tertiary/aromatic N) is 2. The number of carbonyl (C=O) groups is 1. The van der Waals surface area contributed by atoms with E-state index in [-0.39, 0.29) is 11.5 Å². The first-order chi connectivity index (χ1) is 12.4. The fourth-order valence-electron chi connectivity index (χ4n) is 3.28. The summed E-state index contributed by atoms with van der Waals surface area (Å²) in [5.74, 6) is -1.24. The number of fused-ring (bicyclic) bond motifs is 1. The van der Waals surface area contributed by atoms with Gasteiger partial charge in [0.1, 0.15) is 23.0 Å². The number of halogens is 2. The van der Waals surface area contributed by atoms with Gasteiger partial charge in [0.2, 0.25) is 0 Å². The normalized spacial score (nSPS) is 20.9. The zero-order valence-corrected chi connectivity index (χ0v) is 15.2. The molecule has 1 aromatic heterocycles. The molecule has 6 nitrogen and oxygen atoms in total. The molecule has 0 bridgehead atoms. The van der Waals surface area contributed by atoms with E-state index in [1.165, 1.54) is 10.7 Å². The Balaban J connectivity index is 1.71. The highest BCUT2D eigenvalue weighted by Crippen LogP contribution is 2.38. The third-order valence-electron chi connectivity index (χ3n) is 4.55. The minimum absolute atomic E-state index is 0.0579. The maximum absolute atomic E-state index is 13.9. The van der Waals surface area contributed by atoms with Crippen LogP contribution in [0.1, 0.15) is 34.1 Å². The van der Waals surface area contributed by atoms with Gasteiger partial charge in [-0.25, -0.2) is 21.9 Å². The van der Waals surface area contributed by atoms with Crippen molar-refractivity contribution < 1.29 is 22.0 Å². The van der Waals surface area contributed by atoms with E-state index in [4.69, 9.17) is 0 Å². The van der Waals surface area contributed by atoms with Crippen LogP contribution in [0.25, 0.3) is 0 Å². The summed E-state index contributed by atoms with van der Waals surface area (Å²) in [7, 11) is -3.15. The van der Waals surface area contributed by atoms with Crippen molar-refractivity contribution in [3.05, 3.63) is 46.7 Å². The zero-order chi connectivity index (χ0) is 18.5. The number of thioether (sulfide) groups is 1. The Kier molecular flexibility index (Phi) is 4.26. The first-order valence-electron chi connectivity index (χ1n) is 7.99. The van der Waals surface area contributed by atoms with Crippen LogP contribution in [0.3, 0.4) is 0 Å². The minimum atomic E-state index is -3.15. The molecule has 4 rings (SSSR count). The molecule has 1 amide bonds. The number of benzene rings is 1. The molecule has 10 heteroatoms. The molecule has 2 aromatic rings. The Morgan fingerprint density at radius 3 is 2.65 bits per heavy atom. The fourth-order valence-corrected chi connectivity index (χ4v) is 6.01. The predicted molar refractivity (Wildman–Crippen MR) is 93.8 cm³/mol. The van der Waals surface area contributed by atoms with Crippen LogP contribution >= 0.6 is 11.8 Å². The quantitative estimate of drug-likeness (QED) is 0.858. The van der Waals surface area contributed by atoms with Crippen LogP contribution in [0.15, 0.2) is 18.2 Å². The van der Waals surface area contributed by atoms with Gasteiger partial charge in [-0.3, -0.25) is 4.79 Å². The van der Waals surface area contributed by atoms with Gasteiger partial charge in [0.05, 0.1) is 23.2 Å². The first kappa shape index (κ1) is 17.5. The van der Waals surface area contributed by atoms with Gasteiger partial charge in [0, 0.05) is 17.1 Å². The lowest BCUT2D eigenvalue weighted by Gasteiger charge is -2.15. The van der Waals surface area contributed by atoms with Gasteiger partial charge in [-0.15, -0.1) is 0 Å². The van der Waals surface area contributed by atoms with E-state index >= 15 is 0 Å². The maximum atomic E-state index is 13.9. The van der Waals surface area contributed by atoms with Gasteiger partial charge >= 0.3 is 0 Å². The van der Waals surface area contributed by atoms with Crippen molar-refractivity contribution in [2.24, 2.45) is 0 Å². The van der Waals surface area contributed by atoms with Gasteiger partial charge in [-0.05, 0) is 18.6 Å². The molecule has 138 valence electrons. The summed E-state index contributed by atoms with van der Waals surface area (Å²) < 4.78 is 52.9. The van der Waals surface area contributed by atoms with Crippen molar-refractivity contribution in [3.63, 3.8) is 0 Å². The average molecular weight is 399 g/mol. The number of rotatable bonds is 3. The number of amides is 1. The number of hydrogen-bond acceptors (Lipinski definition) is 5. The standard InChI is InChI=1S/C16H15F2N3O3S2/c17-11-2-1-3-12(18)14(11)16(22)19-15-10-6-25-7-13(10)20-21(15)9-4-5-26(23,24)8-9/h1-3,9H,4-8H2,(H,19,22). The predicted octanol–water partition coefficient (Wildman–Crippen LogP) is 2.52. The molecule has 1 unspecified atom stereocenters. The van der Waals surface area contributed by atoms with Gasteiger partial charge in [0.15, 0.2) is 9.84 Å². The van der Waals surface area contributed by atoms with Crippen molar-refractivity contribution in [2.75, 3.05) is 16.8 Å². The molecule has 1 fully saturated rings. The number of anilines is 1. The summed E-state index contributed by atoms with van der Waals surface area (Å²) in [6.07, 6.45) is 0.396. The lowest BCUT2D eigenvalue weighted by atomic mass is 10.1. The Morgan fingerprint density at radius 1 is 1.27 bits per heavy atom. The highest BCUT2D eigenvalue weighted by molar-refractivity contribution is 7.98. The van der Waals surface area contributed by atoms with Gasteiger partial charge in [0.25, 0.3) is 5.91 Å². The van der Waals surface area contributed by atoms with Crippen LogP contribution in [-0.4, -0.2) is 35.6 Å². The lowest BCUT2D eigenvalue weighted by Crippen LogP contribution is -2.22. The van der Waals surface area contributed by atoms with Crippen molar-refractivity contribution in [2.45, 2.75) is 24.0 Å². The first-order valence-corrected chi connectivity index (χ1v) is 11.0. The Labute approximate surface area is 152 Å². The SMILES string of the molecule is O=C(Nc1c2c(nn1C1CCS(=O)(=O)C1)CSC2)c1c(F)cccc1F. The molecule has 1 saturated heterocycles. The largest absolute Gasteiger partial charge is 0.306 e. The summed E-state index contributed by atoms with van der Waals surface area (Å²) >= 11 is 1.61. The monoisotopic (exact) mass is 399 g/mol. The van der Waals surface area contributed by atoms with Crippen LogP contribution in [0, 0.1) is 11.6 Å². The van der Waals surface area contributed by atoms with E-state index in [9.17, 15) is 22.0 Å². The smallest absolute Gasteiger partial charge is 0.262 e. The van der Waals surface area contributed by atoms with Crippen molar-refractivity contribution in [1.29, 1.82) is 0 Å². The summed E-state index contributed by atoms with van der Waals surface area (Å²) in [5.41, 5.74) is 0.881. The zero-order valence-electron chi connectivity index (χ0n) is 13.5. The van der Waals surface area contributed by atoms with E-state index in [2.05, 4.69) is 10.4 Å². The van der Waals surface area contributed by atoms with Crippen LogP contribution in [0.5, 0.6) is 0 Å². The maximum Gasteiger partial charge on any atom is 0.262 e. The number of aromatic nitrogens is 2. The van der Waals surface area contributed by atoms with Gasteiger partial charge in [-0.2, -0.15) is 16.9 Å². The summed E-state index contributed by atoms with van der Waals surface area (Å²) in [6, 6.07) is 2.82. The molecule has 1 atom stereocenters. The van der Waals surface area contributed by atoms with E-state index in [1.807, 2.05) is 0 Å². The molecule has 2 aliphatic heterocycles. The molecule has 2 aliphatic rings. The molecule has 0 radical (unpaired) electrons. The van der Waals surface area contributed by atoms with E-state index < -0.39 is 39.0 Å². The number of sulfone groups is 1. The Bertz CT molecular complexity index is 984. The molecular formula is C16H15F2N3O3S2. The minimum Gasteiger partial charge on any atom is -0.306 e. The van der Waals surface area contributed by atoms with E-state index in [1.54, 1.807) is 11.8 Å². The highest BCUT2D eigenvalue weighted by Gasteiger charge is 2.34. The molecular weight excluding hydrogens is 384 g/mol. The van der Waals surface area contributed by atoms with Gasteiger partial charge in [-0.1, -0.05) is 6.07 Å². The second-order valence-electron chi connectivity index (χ2n) is 6.32. The second kappa shape index (κ2) is 6.34. The fraction of sp³-hybridized carbons (Fsp3) is 0.375. The van der Waals surface area contributed by atoms with Crippen LogP contribution in [0.2, 0.25) is 0 Å². The van der Waals surface area contributed by atoms with Gasteiger partial charge < -0.3 is 5.32 Å². The molecule has 0 spiro atoms. The van der Waals surface area contributed by atoms with E-state index in [0.717, 1.165) is 23.4 Å². The van der Waals surface area contributed by atoms with Crippen LogP contribution < -0.4 is 5.32 Å². The Hall–Kier alpha value is -1.94. The molecule has 1 aromatic carbocycles. The number of nitrogens with one attached hydrogen (secondary N) is 1. The third-order valence-corrected chi connectivity index (χ3v) is 7.27. The van der Waals surface area contributed by atoms with Crippen molar-refractivity contribution >= 4 is 33.3 Å². The summed E-state index contributed by atoms with van der Waals surface area (Å²) in [4.78, 5) is 12.5. The van der Waals surface area contributed by atoms with Crippen LogP contribution in [0.4, 0.5) is 14.6 Å². The third kappa shape index (κ3) is 3.01. The van der Waals surface area contributed by atoms with E-state index in [0.29, 0.717) is 23.7 Å². The molecule has 0 aliphatic carbocycles. The lowest BCUT2D eigenvalue weighted by molar-refractivity contribution is 0.101. The topological polar surface area (TPSA) is 81.1 Å². The number of hydrogen-bond donors (Lipinski definition) is 1. The summed E-state index contributed by atoms with van der Waals surface area (Å²) in [6.45, 7) is 0. The molecule has 0 saturated carbocycles. The van der Waals surface area contributed by atoms with Crippen LogP contribution in [-0.2, 0) is 21.3 Å². The van der Waals surface area contributed by atoms with Crippen molar-refractivity contribution in [1.82, 2.24) is 9.78 Å². The Morgan fingerprint density at radius 2 is 2.00 bits per heavy atom. The molecule has 26 heavy (non-hydrogen) atoms. The van der Waals surface area contributed by atoms with Crippen molar-refractivity contribution in [3.8, 4) is 0 Å². The number of carbonyl (C=O) groups excluding carboxylic acids is 1. The summed E-state index contributed by atoms with van der Waals surface area (Å²) in [5, 5.41) is 7.03.